The molecule has 1 saturated heterocycles. The number of aryl methyl sites for hydroxylation is 1. The number of ether oxygens (including phenoxy) is 2. The van der Waals surface area contributed by atoms with Gasteiger partial charge in [-0.25, -0.2) is 5.84 Å². The molecule has 0 unspecified atom stereocenters. The molecule has 7 heteroatoms. The third-order valence-electron chi connectivity index (χ3n) is 5.36. The Balaban J connectivity index is 1.58. The van der Waals surface area contributed by atoms with E-state index in [1.807, 2.05) is 17.5 Å². The average Bonchev–Trinajstić information content (AvgIpc) is 3.07. The molecule has 0 radical (unpaired) electrons. The first-order valence-electron chi connectivity index (χ1n) is 9.51. The molecule has 2 aliphatic rings. The van der Waals surface area contributed by atoms with Gasteiger partial charge in [-0.3, -0.25) is 4.90 Å². The van der Waals surface area contributed by atoms with Gasteiger partial charge in [0.15, 0.2) is 0 Å². The fraction of sp³-hybridized carbons (Fsp3) is 0.684. The molecule has 1 fully saturated rings. The van der Waals surface area contributed by atoms with Crippen LogP contribution in [0.2, 0.25) is 0 Å². The summed E-state index contributed by atoms with van der Waals surface area (Å²) < 4.78 is 11.4. The number of methoxy groups -OCH3 is 1. The molecule has 3 rings (SSSR count). The van der Waals surface area contributed by atoms with Crippen LogP contribution in [0.25, 0.3) is 0 Å². The van der Waals surface area contributed by atoms with Gasteiger partial charge in [-0.1, -0.05) is 6.92 Å². The highest BCUT2D eigenvalue weighted by Crippen LogP contribution is 2.44. The Bertz CT molecular complexity index is 623. The van der Waals surface area contributed by atoms with Gasteiger partial charge in [-0.15, -0.1) is 11.3 Å². The fourth-order valence-corrected chi connectivity index (χ4v) is 5.08. The summed E-state index contributed by atoms with van der Waals surface area (Å²) in [6.45, 7) is 7.03. The Morgan fingerprint density at radius 3 is 2.92 bits per heavy atom. The van der Waals surface area contributed by atoms with E-state index in [1.54, 1.807) is 12.1 Å². The molecule has 1 aromatic rings. The normalized spacial score (nSPS) is 20.3. The van der Waals surface area contributed by atoms with E-state index in [2.05, 4.69) is 17.9 Å². The van der Waals surface area contributed by atoms with E-state index < -0.39 is 0 Å². The Hall–Kier alpha value is -1.12. The summed E-state index contributed by atoms with van der Waals surface area (Å²) in [6.07, 6.45) is 6.05. The van der Waals surface area contributed by atoms with E-state index >= 15 is 0 Å². The van der Waals surface area contributed by atoms with Crippen molar-refractivity contribution in [1.29, 1.82) is 0 Å². The molecule has 1 aromatic heterocycles. The molecule has 2 aliphatic heterocycles. The number of hydrogen-bond donors (Lipinski definition) is 2. The van der Waals surface area contributed by atoms with E-state index in [-0.39, 0.29) is 5.60 Å². The van der Waals surface area contributed by atoms with Crippen LogP contribution >= 0.6 is 11.3 Å². The monoisotopic (exact) mass is 380 g/mol. The second-order valence-corrected chi connectivity index (χ2v) is 8.43. The van der Waals surface area contributed by atoms with Crippen molar-refractivity contribution in [1.82, 2.24) is 9.91 Å². The predicted molar refractivity (Wildman–Crippen MR) is 106 cm³/mol. The van der Waals surface area contributed by atoms with Gasteiger partial charge in [0.25, 0.3) is 0 Å². The molecule has 146 valence electrons. The molecule has 0 saturated carbocycles. The van der Waals surface area contributed by atoms with Crippen molar-refractivity contribution >= 4 is 11.3 Å². The highest BCUT2D eigenvalue weighted by molar-refractivity contribution is 7.12. The first-order valence-corrected chi connectivity index (χ1v) is 10.3. The lowest BCUT2D eigenvalue weighted by atomic mass is 9.82. The maximum Gasteiger partial charge on any atom is 0.0966 e. The van der Waals surface area contributed by atoms with Gasteiger partial charge >= 0.3 is 0 Å². The van der Waals surface area contributed by atoms with Crippen molar-refractivity contribution in [2.75, 3.05) is 46.5 Å². The van der Waals surface area contributed by atoms with Crippen LogP contribution in [0.3, 0.4) is 0 Å². The summed E-state index contributed by atoms with van der Waals surface area (Å²) in [5.41, 5.74) is 8.34. The summed E-state index contributed by atoms with van der Waals surface area (Å²) in [5, 5.41) is 1.60. The van der Waals surface area contributed by atoms with Gasteiger partial charge in [0.2, 0.25) is 0 Å². The zero-order chi connectivity index (χ0) is 18.6. The number of likely N-dealkylation sites (tertiary alicyclic amines) is 1. The summed E-state index contributed by atoms with van der Waals surface area (Å²) >= 11 is 1.98. The van der Waals surface area contributed by atoms with Gasteiger partial charge in [-0.2, -0.15) is 0 Å². The molecule has 0 atom stereocenters. The molecule has 6 nitrogen and oxygen atoms in total. The number of rotatable bonds is 7. The molecule has 1 spiro atoms. The lowest BCUT2D eigenvalue weighted by molar-refractivity contribution is -0.0961. The topological polar surface area (TPSA) is 77.0 Å². The van der Waals surface area contributed by atoms with Crippen LogP contribution in [0.15, 0.2) is 18.0 Å². The predicted octanol–water partition coefficient (Wildman–Crippen LogP) is 1.80. The van der Waals surface area contributed by atoms with Crippen molar-refractivity contribution in [2.24, 2.45) is 11.6 Å². The van der Waals surface area contributed by atoms with E-state index in [0.29, 0.717) is 13.2 Å². The van der Waals surface area contributed by atoms with Crippen molar-refractivity contribution < 1.29 is 9.47 Å². The largest absolute Gasteiger partial charge is 0.400 e. The third-order valence-corrected chi connectivity index (χ3v) is 6.70. The molecule has 0 bridgehead atoms. The summed E-state index contributed by atoms with van der Waals surface area (Å²) in [5.74, 6) is 5.91. The number of nitrogens with zero attached hydrogens (tertiary/aromatic N) is 2. The minimum Gasteiger partial charge on any atom is -0.400 e. The Morgan fingerprint density at radius 2 is 2.23 bits per heavy atom. The lowest BCUT2D eigenvalue weighted by Gasteiger charge is -2.44. The van der Waals surface area contributed by atoms with Crippen LogP contribution < -0.4 is 11.6 Å². The second-order valence-electron chi connectivity index (χ2n) is 7.21. The Labute approximate surface area is 160 Å². The highest BCUT2D eigenvalue weighted by Gasteiger charge is 2.41. The number of thiophene rings is 1. The summed E-state index contributed by atoms with van der Waals surface area (Å²) in [7, 11) is 1.67. The van der Waals surface area contributed by atoms with E-state index in [1.165, 1.54) is 15.3 Å². The van der Waals surface area contributed by atoms with Gasteiger partial charge in [0.1, 0.15) is 0 Å². The smallest absolute Gasteiger partial charge is 0.0966 e. The van der Waals surface area contributed by atoms with Crippen LogP contribution in [0.1, 0.15) is 35.1 Å². The minimum atomic E-state index is -0.0785. The average molecular weight is 381 g/mol. The second kappa shape index (κ2) is 8.71. The zero-order valence-corrected chi connectivity index (χ0v) is 16.8. The highest BCUT2D eigenvalue weighted by atomic mass is 32.1. The molecule has 26 heavy (non-hydrogen) atoms. The van der Waals surface area contributed by atoms with Gasteiger partial charge in [-0.05, 0) is 30.9 Å². The lowest BCUT2D eigenvalue weighted by Crippen LogP contribution is -2.47. The number of hydrazine groups is 1. The Kier molecular flexibility index (Phi) is 6.58. The van der Waals surface area contributed by atoms with Crippen LogP contribution in [-0.4, -0.2) is 56.4 Å². The molecule has 0 aliphatic carbocycles. The SMILES string of the molecule is CCc1cc2c(s1)CCOC21CCN(C/C(N)=C/N(N)CCOC)CC1. The maximum atomic E-state index is 6.34. The van der Waals surface area contributed by atoms with Crippen molar-refractivity contribution in [3.05, 3.63) is 33.3 Å². The molecular weight excluding hydrogens is 348 g/mol. The number of hydrogen-bond acceptors (Lipinski definition) is 7. The van der Waals surface area contributed by atoms with Gasteiger partial charge in [0, 0.05) is 54.8 Å². The Morgan fingerprint density at radius 1 is 1.46 bits per heavy atom. The van der Waals surface area contributed by atoms with E-state index in [4.69, 9.17) is 21.1 Å². The van der Waals surface area contributed by atoms with E-state index in [9.17, 15) is 0 Å². The fourth-order valence-electron chi connectivity index (χ4n) is 3.91. The molecule has 3 heterocycles. The van der Waals surface area contributed by atoms with Crippen LogP contribution in [0, 0.1) is 0 Å². The van der Waals surface area contributed by atoms with Crippen molar-refractivity contribution in [3.63, 3.8) is 0 Å². The first kappa shape index (κ1) is 19.6. The minimum absolute atomic E-state index is 0.0785. The van der Waals surface area contributed by atoms with Crippen LogP contribution in [0.4, 0.5) is 0 Å². The summed E-state index contributed by atoms with van der Waals surface area (Å²) in [6, 6.07) is 2.39. The van der Waals surface area contributed by atoms with Crippen LogP contribution in [0.5, 0.6) is 0 Å². The zero-order valence-electron chi connectivity index (χ0n) is 16.0. The standard InChI is InChI=1S/C19H32N4O2S/c1-3-16-12-17-18(26-16)4-10-25-19(17)5-7-22(8-6-19)13-15(20)14-23(21)9-11-24-2/h12,14H,3-11,13,20-21H2,1-2H3/b15-14-. The van der Waals surface area contributed by atoms with Crippen LogP contribution in [-0.2, 0) is 27.9 Å². The molecular formula is C19H32N4O2S. The van der Waals surface area contributed by atoms with E-state index in [0.717, 1.165) is 57.6 Å². The number of fused-ring (bicyclic) bond motifs is 2. The maximum absolute atomic E-state index is 6.34. The third kappa shape index (κ3) is 4.40. The van der Waals surface area contributed by atoms with Crippen molar-refractivity contribution in [3.8, 4) is 0 Å². The molecule has 4 N–H and O–H groups in total. The number of piperidine rings is 1. The number of nitrogens with two attached hydrogens (primary N) is 2. The summed E-state index contributed by atoms with van der Waals surface area (Å²) in [4.78, 5) is 5.41. The van der Waals surface area contributed by atoms with Gasteiger partial charge in [0.05, 0.1) is 25.4 Å². The van der Waals surface area contributed by atoms with Gasteiger partial charge < -0.3 is 20.2 Å². The quantitative estimate of drug-likeness (QED) is 0.555. The molecule has 0 amide bonds. The molecule has 0 aromatic carbocycles. The van der Waals surface area contributed by atoms with Crippen molar-refractivity contribution in [2.45, 2.75) is 38.2 Å². The first-order chi connectivity index (χ1) is 12.6.